The van der Waals surface area contributed by atoms with E-state index in [-0.39, 0.29) is 53.9 Å². The average Bonchev–Trinajstić information content (AvgIpc) is 2.76. The van der Waals surface area contributed by atoms with Gasteiger partial charge in [0, 0.05) is 22.8 Å². The number of fused-ring (bicyclic) bond motifs is 3. The number of benzene rings is 1. The first-order valence-electron chi connectivity index (χ1n) is 11.9. The number of hydrogen-bond donors (Lipinski definition) is 4. The zero-order chi connectivity index (χ0) is 26.8. The fourth-order valence-corrected chi connectivity index (χ4v) is 6.23. The smallest absolute Gasteiger partial charge is 0.338 e. The second-order valence-corrected chi connectivity index (χ2v) is 10.6. The summed E-state index contributed by atoms with van der Waals surface area (Å²) in [5.41, 5.74) is -5.90. The fourth-order valence-electron chi connectivity index (χ4n) is 6.23. The summed E-state index contributed by atoms with van der Waals surface area (Å²) in [7, 11) is 0. The molecule has 4 rings (SSSR count). The van der Waals surface area contributed by atoms with Gasteiger partial charge >= 0.3 is 5.97 Å². The van der Waals surface area contributed by atoms with Gasteiger partial charge in [-0.2, -0.15) is 0 Å². The second-order valence-electron chi connectivity index (χ2n) is 10.6. The number of phenols is 1. The molecule has 1 unspecified atom stereocenters. The summed E-state index contributed by atoms with van der Waals surface area (Å²) in [6, 6.07) is 2.61. The fraction of sp³-hybridized carbons (Fsp3) is 0.481. The minimum absolute atomic E-state index is 0.0178. The zero-order valence-corrected chi connectivity index (χ0v) is 20.7. The van der Waals surface area contributed by atoms with Crippen LogP contribution in [0.15, 0.2) is 29.0 Å². The molecule has 36 heavy (non-hydrogen) atoms. The van der Waals surface area contributed by atoms with Crippen LogP contribution in [-0.2, 0) is 25.5 Å². The number of phenolic OH excluding ortho intramolecular Hbond substituents is 1. The van der Waals surface area contributed by atoms with Crippen LogP contribution in [0.1, 0.15) is 74.9 Å². The molecule has 9 heteroatoms. The molecule has 1 aromatic carbocycles. The van der Waals surface area contributed by atoms with E-state index in [2.05, 4.69) is 0 Å². The van der Waals surface area contributed by atoms with Crippen molar-refractivity contribution in [1.29, 1.82) is 0 Å². The van der Waals surface area contributed by atoms with Crippen molar-refractivity contribution in [3.63, 3.8) is 0 Å². The Morgan fingerprint density at radius 2 is 1.75 bits per heavy atom. The number of aliphatic hydroxyl groups excluding tert-OH is 2. The largest absolute Gasteiger partial charge is 0.508 e. The molecule has 0 heterocycles. The summed E-state index contributed by atoms with van der Waals surface area (Å²) in [4.78, 5) is 51.6. The van der Waals surface area contributed by atoms with Crippen molar-refractivity contribution < 1.29 is 44.3 Å². The Hall–Kier alpha value is -3.46. The van der Waals surface area contributed by atoms with Gasteiger partial charge < -0.3 is 25.2 Å². The first-order chi connectivity index (χ1) is 16.7. The molecule has 3 aliphatic rings. The van der Waals surface area contributed by atoms with Crippen molar-refractivity contribution >= 4 is 29.1 Å². The molecule has 0 spiro atoms. The number of ether oxygens (including phenoxy) is 1. The van der Waals surface area contributed by atoms with Gasteiger partial charge in [0.05, 0.1) is 17.7 Å². The van der Waals surface area contributed by atoms with Crippen molar-refractivity contribution in [3.05, 3.63) is 45.7 Å². The van der Waals surface area contributed by atoms with Gasteiger partial charge in [0.2, 0.25) is 5.78 Å². The number of rotatable bonds is 5. The maximum absolute atomic E-state index is 13.9. The Bertz CT molecular complexity index is 1290. The lowest BCUT2D eigenvalue weighted by Gasteiger charge is -2.56. The highest BCUT2D eigenvalue weighted by molar-refractivity contribution is 6.23. The molecule has 3 atom stereocenters. The SMILES string of the molecule is CCCCOC(=O)c1ccc(O)c2c1C[C@]1(C)C[C@]3(C)CC(=O)C(C(C)=O)=C(O)C3(O)C(=O)C1=C2O. The van der Waals surface area contributed by atoms with E-state index in [1.165, 1.54) is 19.1 Å². The molecule has 0 saturated heterocycles. The Morgan fingerprint density at radius 1 is 1.08 bits per heavy atom. The third kappa shape index (κ3) is 3.32. The van der Waals surface area contributed by atoms with Gasteiger partial charge in [0.1, 0.15) is 22.8 Å². The molecule has 0 amide bonds. The number of esters is 1. The molecule has 1 fully saturated rings. The normalized spacial score (nSPS) is 29.5. The van der Waals surface area contributed by atoms with Gasteiger partial charge in [0.25, 0.3) is 0 Å². The Morgan fingerprint density at radius 3 is 2.36 bits per heavy atom. The standard InChI is InChI=1S/C27H30O9/c1-5-6-9-36-24(34)14-7-8-16(29)19-15(14)10-25(3)12-26(4)11-17(30)18(13(2)28)22(32)27(26,35)23(33)20(25)21(19)31/h7-8,29,31-32,35H,5-6,9-12H2,1-4H3/t25-,26+,27?/m1/s1. The van der Waals surface area contributed by atoms with Crippen LogP contribution in [0, 0.1) is 10.8 Å². The minimum Gasteiger partial charge on any atom is -0.508 e. The predicted octanol–water partition coefficient (Wildman–Crippen LogP) is 3.26. The van der Waals surface area contributed by atoms with Crippen LogP contribution in [-0.4, -0.2) is 56.0 Å². The first-order valence-corrected chi connectivity index (χ1v) is 11.9. The summed E-state index contributed by atoms with van der Waals surface area (Å²) in [5.74, 6) is -5.19. The quantitative estimate of drug-likeness (QED) is 0.271. The molecule has 3 aliphatic carbocycles. The number of carbonyl (C=O) groups excluding carboxylic acids is 4. The number of allylic oxidation sites excluding steroid dienone is 1. The van der Waals surface area contributed by atoms with Gasteiger partial charge in [-0.3, -0.25) is 14.4 Å². The number of unbranched alkanes of at least 4 members (excludes halogenated alkanes) is 1. The van der Waals surface area contributed by atoms with Gasteiger partial charge in [-0.05, 0) is 43.9 Å². The van der Waals surface area contributed by atoms with E-state index in [1.54, 1.807) is 6.92 Å². The van der Waals surface area contributed by atoms with Crippen molar-refractivity contribution in [1.82, 2.24) is 0 Å². The van der Waals surface area contributed by atoms with Gasteiger partial charge in [-0.1, -0.05) is 27.2 Å². The van der Waals surface area contributed by atoms with Crippen LogP contribution in [0.3, 0.4) is 0 Å². The van der Waals surface area contributed by atoms with E-state index in [4.69, 9.17) is 4.74 Å². The van der Waals surface area contributed by atoms with E-state index in [1.807, 2.05) is 6.92 Å². The molecular weight excluding hydrogens is 468 g/mol. The molecule has 1 saturated carbocycles. The van der Waals surface area contributed by atoms with Crippen molar-refractivity contribution in [2.45, 2.75) is 65.4 Å². The average molecular weight is 499 g/mol. The third-order valence-electron chi connectivity index (χ3n) is 7.86. The highest BCUT2D eigenvalue weighted by atomic mass is 16.5. The molecule has 0 aromatic heterocycles. The van der Waals surface area contributed by atoms with Gasteiger partial charge in [-0.25, -0.2) is 4.79 Å². The molecule has 1 aromatic rings. The summed E-state index contributed by atoms with van der Waals surface area (Å²) in [6.07, 6.45) is 1.08. The van der Waals surface area contributed by atoms with Gasteiger partial charge in [-0.15, -0.1) is 0 Å². The Balaban J connectivity index is 1.94. The minimum atomic E-state index is -2.63. The number of Topliss-reactive ketones (excluding diaryl/α,β-unsaturated/α-hetero) is 3. The monoisotopic (exact) mass is 498 g/mol. The van der Waals surface area contributed by atoms with Crippen LogP contribution in [0.5, 0.6) is 5.75 Å². The maximum atomic E-state index is 13.9. The van der Waals surface area contributed by atoms with Crippen LogP contribution in [0.25, 0.3) is 5.76 Å². The number of hydrogen-bond acceptors (Lipinski definition) is 9. The second kappa shape index (κ2) is 8.30. The zero-order valence-electron chi connectivity index (χ0n) is 20.7. The highest BCUT2D eigenvalue weighted by Crippen LogP contribution is 2.62. The summed E-state index contributed by atoms with van der Waals surface area (Å²) in [6.45, 7) is 6.34. The third-order valence-corrected chi connectivity index (χ3v) is 7.86. The molecule has 4 N–H and O–H groups in total. The van der Waals surface area contributed by atoms with Crippen molar-refractivity contribution in [2.24, 2.45) is 10.8 Å². The van der Waals surface area contributed by atoms with E-state index >= 15 is 0 Å². The highest BCUT2D eigenvalue weighted by Gasteiger charge is 2.68. The van der Waals surface area contributed by atoms with E-state index in [0.717, 1.165) is 13.3 Å². The topological polar surface area (TPSA) is 158 Å². The van der Waals surface area contributed by atoms with Crippen LogP contribution >= 0.6 is 0 Å². The Kier molecular flexibility index (Phi) is 5.91. The lowest BCUT2D eigenvalue weighted by Crippen LogP contribution is -2.65. The lowest BCUT2D eigenvalue weighted by molar-refractivity contribution is -0.164. The number of aliphatic hydroxyl groups is 3. The lowest BCUT2D eigenvalue weighted by atomic mass is 9.47. The Labute approximate surface area is 208 Å². The summed E-state index contributed by atoms with van der Waals surface area (Å²) in [5, 5.41) is 44.4. The number of aromatic hydroxyl groups is 1. The van der Waals surface area contributed by atoms with Crippen LogP contribution in [0.2, 0.25) is 0 Å². The molecule has 9 nitrogen and oxygen atoms in total. The molecular formula is C27H30O9. The van der Waals surface area contributed by atoms with Gasteiger partial charge in [0.15, 0.2) is 17.2 Å². The molecule has 0 radical (unpaired) electrons. The van der Waals surface area contributed by atoms with Crippen LogP contribution in [0.4, 0.5) is 0 Å². The summed E-state index contributed by atoms with van der Waals surface area (Å²) >= 11 is 0. The summed E-state index contributed by atoms with van der Waals surface area (Å²) < 4.78 is 5.34. The van der Waals surface area contributed by atoms with E-state index in [9.17, 15) is 39.6 Å². The van der Waals surface area contributed by atoms with Crippen molar-refractivity contribution in [2.75, 3.05) is 6.61 Å². The first kappa shape index (κ1) is 25.6. The predicted molar refractivity (Wildman–Crippen MR) is 127 cm³/mol. The van der Waals surface area contributed by atoms with Crippen LogP contribution < -0.4 is 0 Å². The number of ketones is 3. The van der Waals surface area contributed by atoms with E-state index in [0.29, 0.717) is 6.42 Å². The molecule has 0 aliphatic heterocycles. The number of carbonyl (C=O) groups is 4. The molecule has 192 valence electrons. The van der Waals surface area contributed by atoms with E-state index < -0.39 is 56.8 Å². The van der Waals surface area contributed by atoms with Crippen molar-refractivity contribution in [3.8, 4) is 5.75 Å². The molecule has 0 bridgehead atoms. The maximum Gasteiger partial charge on any atom is 0.338 e.